The Hall–Kier alpha value is -1.43. The lowest BCUT2D eigenvalue weighted by molar-refractivity contribution is -0.134. The van der Waals surface area contributed by atoms with Crippen molar-refractivity contribution in [2.24, 2.45) is 0 Å². The number of carbonyl (C=O) groups excluding carboxylic acids is 1. The van der Waals surface area contributed by atoms with Gasteiger partial charge in [0.25, 0.3) is 0 Å². The lowest BCUT2D eigenvalue weighted by Gasteiger charge is -2.33. The molecule has 2 unspecified atom stereocenters. The van der Waals surface area contributed by atoms with Crippen molar-refractivity contribution in [1.82, 2.24) is 20.7 Å². The van der Waals surface area contributed by atoms with Crippen molar-refractivity contribution in [2.75, 3.05) is 33.2 Å². The predicted molar refractivity (Wildman–Crippen MR) is 87.4 cm³/mol. The highest BCUT2D eigenvalue weighted by Crippen LogP contribution is 2.25. The lowest BCUT2D eigenvalue weighted by atomic mass is 9.98. The Balaban J connectivity index is 1.62. The average molecular weight is 302 g/mol. The summed E-state index contributed by atoms with van der Waals surface area (Å²) >= 11 is 0. The lowest BCUT2D eigenvalue weighted by Crippen LogP contribution is -2.52. The molecule has 2 fully saturated rings. The molecule has 1 amide bonds. The second kappa shape index (κ2) is 6.36. The fourth-order valence-electron chi connectivity index (χ4n) is 3.17. The number of hydrogen-bond acceptors (Lipinski definition) is 4. The van der Waals surface area contributed by atoms with E-state index >= 15 is 0 Å². The van der Waals surface area contributed by atoms with Crippen molar-refractivity contribution in [2.45, 2.75) is 32.4 Å². The molecule has 2 aliphatic rings. The van der Waals surface area contributed by atoms with Crippen LogP contribution in [0.4, 0.5) is 0 Å². The summed E-state index contributed by atoms with van der Waals surface area (Å²) in [5, 5.41) is 0. The van der Waals surface area contributed by atoms with Gasteiger partial charge in [0.1, 0.15) is 6.04 Å². The molecule has 0 aromatic heterocycles. The van der Waals surface area contributed by atoms with Crippen LogP contribution in [0.3, 0.4) is 0 Å². The monoisotopic (exact) mass is 302 g/mol. The van der Waals surface area contributed by atoms with Crippen molar-refractivity contribution < 1.29 is 4.79 Å². The number of nitrogens with one attached hydrogen (secondary N) is 2. The topological polar surface area (TPSA) is 47.6 Å². The molecule has 1 aromatic carbocycles. The molecular weight excluding hydrogens is 276 g/mol. The maximum absolute atomic E-state index is 12.6. The number of nitrogens with zero attached hydrogens (tertiary/aromatic N) is 2. The van der Waals surface area contributed by atoms with Gasteiger partial charge >= 0.3 is 0 Å². The minimum atomic E-state index is -0.116. The van der Waals surface area contributed by atoms with Crippen molar-refractivity contribution in [3.63, 3.8) is 0 Å². The summed E-state index contributed by atoms with van der Waals surface area (Å²) in [4.78, 5) is 16.9. The van der Waals surface area contributed by atoms with Gasteiger partial charge < -0.3 is 9.80 Å². The van der Waals surface area contributed by atoms with Gasteiger partial charge in [-0.25, -0.2) is 10.9 Å². The van der Waals surface area contributed by atoms with Gasteiger partial charge in [-0.15, -0.1) is 0 Å². The average Bonchev–Trinajstić information content (AvgIpc) is 3.00. The third kappa shape index (κ3) is 3.16. The van der Waals surface area contributed by atoms with E-state index < -0.39 is 0 Å². The summed E-state index contributed by atoms with van der Waals surface area (Å²) in [7, 11) is 2.10. The molecule has 2 aliphatic heterocycles. The molecule has 0 radical (unpaired) electrons. The molecule has 0 spiro atoms. The van der Waals surface area contributed by atoms with Gasteiger partial charge in [-0.3, -0.25) is 4.79 Å². The SMILES string of the molecule is Cc1ccc(C2CC(C(=O)N3CCN(C)CC3)NN2)cc1C. The number of hydrazine groups is 1. The third-order valence-electron chi connectivity index (χ3n) is 4.95. The van der Waals surface area contributed by atoms with Gasteiger partial charge in [-0.1, -0.05) is 18.2 Å². The zero-order chi connectivity index (χ0) is 15.7. The highest BCUT2D eigenvalue weighted by molar-refractivity contribution is 5.82. The van der Waals surface area contributed by atoms with E-state index in [4.69, 9.17) is 0 Å². The number of hydrogen-bond donors (Lipinski definition) is 2. The molecule has 22 heavy (non-hydrogen) atoms. The van der Waals surface area contributed by atoms with Crippen molar-refractivity contribution in [3.05, 3.63) is 34.9 Å². The minimum absolute atomic E-state index is 0.116. The van der Waals surface area contributed by atoms with E-state index in [1.807, 2.05) is 4.90 Å². The summed E-state index contributed by atoms with van der Waals surface area (Å²) in [5.41, 5.74) is 10.3. The number of piperazine rings is 1. The Labute approximate surface area is 132 Å². The maximum Gasteiger partial charge on any atom is 0.241 e. The second-order valence-corrected chi connectivity index (χ2v) is 6.60. The minimum Gasteiger partial charge on any atom is -0.339 e. The third-order valence-corrected chi connectivity index (χ3v) is 4.95. The largest absolute Gasteiger partial charge is 0.339 e. The van der Waals surface area contributed by atoms with E-state index in [1.165, 1.54) is 16.7 Å². The molecule has 0 saturated carbocycles. The number of aryl methyl sites for hydroxylation is 2. The van der Waals surface area contributed by atoms with Gasteiger partial charge in [-0.05, 0) is 44.0 Å². The molecule has 2 heterocycles. The Morgan fingerprint density at radius 2 is 1.82 bits per heavy atom. The Morgan fingerprint density at radius 3 is 2.50 bits per heavy atom. The van der Waals surface area contributed by atoms with E-state index in [0.717, 1.165) is 32.6 Å². The van der Waals surface area contributed by atoms with Crippen LogP contribution in [-0.2, 0) is 4.79 Å². The van der Waals surface area contributed by atoms with E-state index in [9.17, 15) is 4.79 Å². The number of benzene rings is 1. The summed E-state index contributed by atoms with van der Waals surface area (Å²) in [6, 6.07) is 6.62. The summed E-state index contributed by atoms with van der Waals surface area (Å²) < 4.78 is 0. The van der Waals surface area contributed by atoms with Gasteiger partial charge in [0.15, 0.2) is 0 Å². The predicted octanol–water partition coefficient (Wildman–Crippen LogP) is 0.985. The van der Waals surface area contributed by atoms with Crippen LogP contribution < -0.4 is 10.9 Å². The molecule has 2 atom stereocenters. The first kappa shape index (κ1) is 15.5. The van der Waals surface area contributed by atoms with Gasteiger partial charge in [-0.2, -0.15) is 0 Å². The molecule has 120 valence electrons. The highest BCUT2D eigenvalue weighted by Gasteiger charge is 2.33. The molecule has 0 aliphatic carbocycles. The van der Waals surface area contributed by atoms with Crippen molar-refractivity contribution >= 4 is 5.91 Å². The van der Waals surface area contributed by atoms with Gasteiger partial charge in [0.2, 0.25) is 5.91 Å². The number of rotatable bonds is 2. The standard InChI is InChI=1S/C17H26N4O/c1-12-4-5-14(10-13(12)2)15-11-16(19-18-15)17(22)21-8-6-20(3)7-9-21/h4-5,10,15-16,18-19H,6-9,11H2,1-3H3. The van der Waals surface area contributed by atoms with Crippen LogP contribution in [0, 0.1) is 13.8 Å². The molecule has 2 saturated heterocycles. The fourth-order valence-corrected chi connectivity index (χ4v) is 3.17. The fraction of sp³-hybridized carbons (Fsp3) is 0.588. The maximum atomic E-state index is 12.6. The first-order valence-electron chi connectivity index (χ1n) is 8.10. The Morgan fingerprint density at radius 1 is 1.09 bits per heavy atom. The van der Waals surface area contributed by atoms with E-state index in [0.29, 0.717) is 0 Å². The molecule has 1 aromatic rings. The van der Waals surface area contributed by atoms with Crippen LogP contribution in [0.5, 0.6) is 0 Å². The van der Waals surface area contributed by atoms with Crippen molar-refractivity contribution in [1.29, 1.82) is 0 Å². The smallest absolute Gasteiger partial charge is 0.241 e. The van der Waals surface area contributed by atoms with E-state index in [-0.39, 0.29) is 18.0 Å². The van der Waals surface area contributed by atoms with Crippen LogP contribution >= 0.6 is 0 Å². The van der Waals surface area contributed by atoms with Crippen molar-refractivity contribution in [3.8, 4) is 0 Å². The first-order chi connectivity index (χ1) is 10.5. The van der Waals surface area contributed by atoms with Gasteiger partial charge in [0.05, 0.1) is 0 Å². The highest BCUT2D eigenvalue weighted by atomic mass is 16.2. The zero-order valence-corrected chi connectivity index (χ0v) is 13.7. The zero-order valence-electron chi connectivity index (χ0n) is 13.7. The molecule has 5 heteroatoms. The Bertz CT molecular complexity index is 552. The second-order valence-electron chi connectivity index (χ2n) is 6.60. The van der Waals surface area contributed by atoms with Crippen LogP contribution in [0.1, 0.15) is 29.2 Å². The quantitative estimate of drug-likeness (QED) is 0.855. The number of likely N-dealkylation sites (N-methyl/N-ethyl adjacent to an activating group) is 1. The molecule has 3 rings (SSSR count). The molecule has 5 nitrogen and oxygen atoms in total. The number of carbonyl (C=O) groups is 1. The van der Waals surface area contributed by atoms with Crippen LogP contribution in [-0.4, -0.2) is 55.0 Å². The van der Waals surface area contributed by atoms with Crippen LogP contribution in [0.15, 0.2) is 18.2 Å². The molecule has 2 N–H and O–H groups in total. The summed E-state index contributed by atoms with van der Waals surface area (Å²) in [6.45, 7) is 7.86. The van der Waals surface area contributed by atoms with E-state index in [2.05, 4.69) is 54.8 Å². The first-order valence-corrected chi connectivity index (χ1v) is 8.10. The normalized spacial score (nSPS) is 26.4. The Kier molecular flexibility index (Phi) is 4.47. The van der Waals surface area contributed by atoms with E-state index in [1.54, 1.807) is 0 Å². The molecular formula is C17H26N4O. The molecule has 0 bridgehead atoms. The van der Waals surface area contributed by atoms with Gasteiger partial charge in [0, 0.05) is 32.2 Å². The summed E-state index contributed by atoms with van der Waals surface area (Å²) in [6.07, 6.45) is 0.813. The van der Waals surface area contributed by atoms with Crippen LogP contribution in [0.25, 0.3) is 0 Å². The number of amides is 1. The summed E-state index contributed by atoms with van der Waals surface area (Å²) in [5.74, 6) is 0.229. The van der Waals surface area contributed by atoms with Crippen LogP contribution in [0.2, 0.25) is 0 Å².